The first-order valence-electron chi connectivity index (χ1n) is 11.6. The number of carbonyl (C=O) groups is 1. The van der Waals surface area contributed by atoms with Crippen molar-refractivity contribution in [1.82, 2.24) is 9.97 Å². The number of nitrogens with zero attached hydrogens (tertiary/aromatic N) is 2. The minimum Gasteiger partial charge on any atom is -0.355 e. The molecule has 0 saturated carbocycles. The molecule has 1 aromatic heterocycles. The van der Waals surface area contributed by atoms with E-state index in [1.807, 2.05) is 0 Å². The summed E-state index contributed by atoms with van der Waals surface area (Å²) in [5.41, 5.74) is 3.19. The standard InChI is InChI=1S/C26H24Cl2N4O5S2/c1-15-23(31-18-6-4-8-20(10-18)38(34,35)16(2)27)12-22-24(13-33)29-14-30-26(22)25(15)32-19-7-5-9-21(11-19)39(36,37)17(3)28/h4-14,16-17,31-32H,1-3H3. The van der Waals surface area contributed by atoms with E-state index in [-0.39, 0.29) is 15.5 Å². The van der Waals surface area contributed by atoms with Crippen molar-refractivity contribution in [2.75, 3.05) is 10.6 Å². The summed E-state index contributed by atoms with van der Waals surface area (Å²) in [6.45, 7) is 4.57. The number of aldehydes is 1. The fourth-order valence-corrected chi connectivity index (χ4v) is 6.36. The number of halogens is 2. The van der Waals surface area contributed by atoms with Crippen LogP contribution in [-0.4, -0.2) is 42.5 Å². The van der Waals surface area contributed by atoms with Crippen molar-refractivity contribution in [3.63, 3.8) is 0 Å². The van der Waals surface area contributed by atoms with E-state index in [0.717, 1.165) is 0 Å². The third-order valence-corrected chi connectivity index (χ3v) is 11.0. The Labute approximate surface area is 236 Å². The average molecular weight is 608 g/mol. The number of sulfone groups is 2. The van der Waals surface area contributed by atoms with Gasteiger partial charge in [0.15, 0.2) is 26.0 Å². The molecule has 2 atom stereocenters. The third kappa shape index (κ3) is 5.72. The number of nitrogens with one attached hydrogen (secondary N) is 2. The molecule has 204 valence electrons. The van der Waals surface area contributed by atoms with Crippen LogP contribution in [0.3, 0.4) is 0 Å². The summed E-state index contributed by atoms with van der Waals surface area (Å²) in [6.07, 6.45) is 1.87. The highest BCUT2D eigenvalue weighted by atomic mass is 35.5. The quantitative estimate of drug-likeness (QED) is 0.175. The molecule has 9 nitrogen and oxygen atoms in total. The van der Waals surface area contributed by atoms with E-state index in [9.17, 15) is 21.6 Å². The molecule has 0 aliphatic heterocycles. The largest absolute Gasteiger partial charge is 0.355 e. The fraction of sp³-hybridized carbons (Fsp3) is 0.192. The van der Waals surface area contributed by atoms with Crippen LogP contribution < -0.4 is 10.6 Å². The molecule has 3 aromatic carbocycles. The van der Waals surface area contributed by atoms with Crippen molar-refractivity contribution >= 4 is 82.8 Å². The van der Waals surface area contributed by atoms with Gasteiger partial charge in [-0.1, -0.05) is 12.1 Å². The number of carbonyl (C=O) groups excluding carboxylic acids is 1. The van der Waals surface area contributed by atoms with E-state index in [1.165, 1.54) is 44.4 Å². The zero-order chi connectivity index (χ0) is 28.5. The number of alkyl halides is 2. The van der Waals surface area contributed by atoms with Gasteiger partial charge in [0.1, 0.15) is 21.4 Å². The van der Waals surface area contributed by atoms with Gasteiger partial charge in [-0.2, -0.15) is 0 Å². The Balaban J connectivity index is 1.85. The van der Waals surface area contributed by atoms with Gasteiger partial charge in [-0.15, -0.1) is 23.2 Å². The summed E-state index contributed by atoms with van der Waals surface area (Å²) in [7, 11) is -7.47. The van der Waals surface area contributed by atoms with Gasteiger partial charge in [0.25, 0.3) is 0 Å². The lowest BCUT2D eigenvalue weighted by molar-refractivity contribution is 0.112. The maximum Gasteiger partial charge on any atom is 0.194 e. The van der Waals surface area contributed by atoms with E-state index in [2.05, 4.69) is 20.6 Å². The van der Waals surface area contributed by atoms with Crippen LogP contribution in [0.1, 0.15) is 29.9 Å². The molecule has 1 heterocycles. The zero-order valence-electron chi connectivity index (χ0n) is 21.0. The summed E-state index contributed by atoms with van der Waals surface area (Å²) >= 11 is 11.8. The number of fused-ring (bicyclic) bond motifs is 1. The van der Waals surface area contributed by atoms with Gasteiger partial charge in [-0.3, -0.25) is 4.79 Å². The molecule has 0 fully saturated rings. The Hall–Kier alpha value is -3.25. The van der Waals surface area contributed by atoms with Crippen LogP contribution in [0, 0.1) is 6.92 Å². The highest BCUT2D eigenvalue weighted by Gasteiger charge is 2.23. The Kier molecular flexibility index (Phi) is 8.17. The topological polar surface area (TPSA) is 135 Å². The Morgan fingerprint density at radius 2 is 1.36 bits per heavy atom. The van der Waals surface area contributed by atoms with Crippen LogP contribution in [0.15, 0.2) is 70.7 Å². The van der Waals surface area contributed by atoms with Crippen LogP contribution in [0.2, 0.25) is 0 Å². The molecular formula is C26H24Cl2N4O5S2. The molecule has 0 saturated heterocycles. The lowest BCUT2D eigenvalue weighted by Crippen LogP contribution is -2.12. The molecule has 0 aliphatic rings. The highest BCUT2D eigenvalue weighted by Crippen LogP contribution is 2.37. The molecule has 13 heteroatoms. The van der Waals surface area contributed by atoms with Crippen LogP contribution >= 0.6 is 23.2 Å². The molecule has 4 aromatic rings. The van der Waals surface area contributed by atoms with Gasteiger partial charge in [-0.25, -0.2) is 26.8 Å². The Morgan fingerprint density at radius 1 is 0.821 bits per heavy atom. The second kappa shape index (κ2) is 11.1. The SMILES string of the molecule is Cc1c(Nc2cccc(S(=O)(=O)C(C)Cl)c2)cc2c(C=O)ncnc2c1Nc1cccc(S(=O)(=O)C(C)Cl)c1. The predicted octanol–water partition coefficient (Wildman–Crippen LogP) is 5.95. The van der Waals surface area contributed by atoms with E-state index in [0.29, 0.717) is 45.5 Å². The lowest BCUT2D eigenvalue weighted by atomic mass is 10.0. The number of hydrogen-bond acceptors (Lipinski definition) is 9. The summed E-state index contributed by atoms with van der Waals surface area (Å²) < 4.78 is 48.2. The van der Waals surface area contributed by atoms with Crippen LogP contribution in [0.5, 0.6) is 0 Å². The maximum atomic E-state index is 12.6. The second-order valence-electron chi connectivity index (χ2n) is 8.68. The normalized spacial score (nSPS) is 13.6. The Bertz CT molecular complexity index is 1790. The zero-order valence-corrected chi connectivity index (χ0v) is 24.2. The van der Waals surface area contributed by atoms with Crippen molar-refractivity contribution < 1.29 is 21.6 Å². The van der Waals surface area contributed by atoms with Crippen molar-refractivity contribution in [3.8, 4) is 0 Å². The molecule has 0 aliphatic carbocycles. The average Bonchev–Trinajstić information content (AvgIpc) is 2.90. The summed E-state index contributed by atoms with van der Waals surface area (Å²) in [4.78, 5) is 20.3. The second-order valence-corrected chi connectivity index (χ2v) is 15.0. The van der Waals surface area contributed by atoms with Crippen molar-refractivity contribution in [2.45, 2.75) is 40.0 Å². The van der Waals surface area contributed by atoms with Crippen molar-refractivity contribution in [3.05, 3.63) is 72.2 Å². The number of aromatic nitrogens is 2. The summed E-state index contributed by atoms with van der Waals surface area (Å²) in [6, 6.07) is 14.1. The molecule has 4 rings (SSSR count). The van der Waals surface area contributed by atoms with E-state index in [4.69, 9.17) is 23.2 Å². The first kappa shape index (κ1) is 28.8. The molecule has 2 unspecified atom stereocenters. The van der Waals surface area contributed by atoms with Gasteiger partial charge >= 0.3 is 0 Å². The molecule has 0 amide bonds. The molecule has 0 radical (unpaired) electrons. The minimum atomic E-state index is -3.74. The van der Waals surface area contributed by atoms with E-state index >= 15 is 0 Å². The molecule has 2 N–H and O–H groups in total. The third-order valence-electron chi connectivity index (χ3n) is 6.06. The van der Waals surface area contributed by atoms with E-state index < -0.39 is 29.1 Å². The first-order chi connectivity index (χ1) is 18.4. The predicted molar refractivity (Wildman–Crippen MR) is 154 cm³/mol. The number of hydrogen-bond donors (Lipinski definition) is 2. The van der Waals surface area contributed by atoms with Gasteiger partial charge < -0.3 is 10.6 Å². The van der Waals surface area contributed by atoms with Crippen molar-refractivity contribution in [2.24, 2.45) is 0 Å². The van der Waals surface area contributed by atoms with Gasteiger partial charge in [0.2, 0.25) is 0 Å². The maximum absolute atomic E-state index is 12.6. The van der Waals surface area contributed by atoms with Crippen molar-refractivity contribution in [1.29, 1.82) is 0 Å². The number of anilines is 4. The number of rotatable bonds is 9. The Morgan fingerprint density at radius 3 is 1.87 bits per heavy atom. The molecule has 0 bridgehead atoms. The number of benzene rings is 3. The van der Waals surface area contributed by atoms with Crippen LogP contribution in [-0.2, 0) is 19.7 Å². The molecular weight excluding hydrogens is 583 g/mol. The van der Waals surface area contributed by atoms with E-state index in [1.54, 1.807) is 37.3 Å². The van der Waals surface area contributed by atoms with Gasteiger partial charge in [0.05, 0.1) is 21.0 Å². The molecule has 0 spiro atoms. The smallest absolute Gasteiger partial charge is 0.194 e. The highest BCUT2D eigenvalue weighted by molar-refractivity contribution is 7.93. The lowest BCUT2D eigenvalue weighted by Gasteiger charge is -2.19. The minimum absolute atomic E-state index is 0.0426. The summed E-state index contributed by atoms with van der Waals surface area (Å²) in [5.74, 6) is 0. The monoisotopic (exact) mass is 606 g/mol. The summed E-state index contributed by atoms with van der Waals surface area (Å²) in [5, 5.41) is 6.87. The van der Waals surface area contributed by atoms with Crippen LogP contribution in [0.4, 0.5) is 22.7 Å². The van der Waals surface area contributed by atoms with Gasteiger partial charge in [-0.05, 0) is 68.8 Å². The van der Waals surface area contributed by atoms with Gasteiger partial charge in [0, 0.05) is 22.4 Å². The van der Waals surface area contributed by atoms with Crippen LogP contribution in [0.25, 0.3) is 10.9 Å². The first-order valence-corrected chi connectivity index (χ1v) is 15.6. The molecule has 39 heavy (non-hydrogen) atoms. The fourth-order valence-electron chi connectivity index (χ4n) is 3.87.